The van der Waals surface area contributed by atoms with Crippen LogP contribution in [0.5, 0.6) is 0 Å². The predicted octanol–water partition coefficient (Wildman–Crippen LogP) is 5.46. The molecule has 0 saturated heterocycles. The van der Waals surface area contributed by atoms with Crippen molar-refractivity contribution in [1.29, 1.82) is 0 Å². The van der Waals surface area contributed by atoms with Crippen LogP contribution in [0, 0.1) is 0 Å². The van der Waals surface area contributed by atoms with Gasteiger partial charge in [-0.25, -0.2) is 0 Å². The molecule has 0 amide bonds. The third-order valence-electron chi connectivity index (χ3n) is 3.68. The van der Waals surface area contributed by atoms with Crippen molar-refractivity contribution in [3.05, 3.63) is 0 Å². The topological polar surface area (TPSA) is 9.23 Å². The van der Waals surface area contributed by atoms with Gasteiger partial charge in [-0.05, 0) is 25.7 Å². The normalized spacial score (nSPS) is 17.5. The number of halogens is 1. The zero-order valence-corrected chi connectivity index (χ0v) is 12.8. The summed E-state index contributed by atoms with van der Waals surface area (Å²) in [5.74, 6) is 0. The van der Waals surface area contributed by atoms with Gasteiger partial charge in [-0.1, -0.05) is 67.3 Å². The van der Waals surface area contributed by atoms with Crippen LogP contribution in [0.3, 0.4) is 0 Å². The molecule has 0 aromatic heterocycles. The minimum Gasteiger partial charge on any atom is -0.378 e. The van der Waals surface area contributed by atoms with Crippen LogP contribution in [0.15, 0.2) is 0 Å². The summed E-state index contributed by atoms with van der Waals surface area (Å²) in [5, 5.41) is 1.17. The highest BCUT2D eigenvalue weighted by Gasteiger charge is 2.12. The Hall–Kier alpha value is 0.440. The summed E-state index contributed by atoms with van der Waals surface area (Å²) in [6, 6.07) is 0. The summed E-state index contributed by atoms with van der Waals surface area (Å²) in [6.45, 7) is 1.01. The van der Waals surface area contributed by atoms with E-state index in [0.717, 1.165) is 6.61 Å². The van der Waals surface area contributed by atoms with Gasteiger partial charge in [-0.2, -0.15) is 0 Å². The fourth-order valence-electron chi connectivity index (χ4n) is 2.56. The van der Waals surface area contributed by atoms with Gasteiger partial charge in [0.1, 0.15) is 0 Å². The largest absolute Gasteiger partial charge is 0.378 e. The molecule has 0 aliphatic heterocycles. The van der Waals surface area contributed by atoms with Gasteiger partial charge in [-0.15, -0.1) is 0 Å². The molecule has 0 N–H and O–H groups in total. The van der Waals surface area contributed by atoms with Crippen molar-refractivity contribution in [3.63, 3.8) is 0 Å². The van der Waals surface area contributed by atoms with E-state index in [1.54, 1.807) is 0 Å². The second kappa shape index (κ2) is 11.5. The summed E-state index contributed by atoms with van der Waals surface area (Å²) in [7, 11) is 0. The average Bonchev–Trinajstić information content (AvgIpc) is 2.38. The van der Waals surface area contributed by atoms with Crippen LogP contribution in [0.2, 0.25) is 0 Å². The molecule has 1 aliphatic carbocycles. The Morgan fingerprint density at radius 1 is 0.765 bits per heavy atom. The third-order valence-corrected chi connectivity index (χ3v) is 4.24. The third kappa shape index (κ3) is 9.07. The number of hydrogen-bond acceptors (Lipinski definition) is 1. The van der Waals surface area contributed by atoms with Crippen LogP contribution in [0.25, 0.3) is 0 Å². The van der Waals surface area contributed by atoms with Crippen molar-refractivity contribution < 1.29 is 4.74 Å². The first-order valence-corrected chi connectivity index (χ1v) is 8.73. The van der Waals surface area contributed by atoms with Crippen LogP contribution in [-0.2, 0) is 4.74 Å². The number of hydrogen-bond donors (Lipinski definition) is 0. The van der Waals surface area contributed by atoms with Crippen LogP contribution in [0.4, 0.5) is 0 Å². The van der Waals surface area contributed by atoms with Gasteiger partial charge in [0.05, 0.1) is 6.10 Å². The van der Waals surface area contributed by atoms with Crippen molar-refractivity contribution in [1.82, 2.24) is 0 Å². The summed E-state index contributed by atoms with van der Waals surface area (Å²) < 4.78 is 5.92. The molecule has 1 rings (SSSR count). The van der Waals surface area contributed by atoms with Gasteiger partial charge in [0.15, 0.2) is 0 Å². The smallest absolute Gasteiger partial charge is 0.0575 e. The minimum absolute atomic E-state index is 0.600. The first-order chi connectivity index (χ1) is 8.43. The molecule has 1 fully saturated rings. The zero-order chi connectivity index (χ0) is 12.2. The number of unbranched alkanes of at least 4 members (excludes halogenated alkanes) is 6. The molecule has 17 heavy (non-hydrogen) atoms. The molecule has 0 aromatic carbocycles. The molecule has 0 unspecified atom stereocenters. The van der Waals surface area contributed by atoms with Crippen LogP contribution < -0.4 is 0 Å². The summed E-state index contributed by atoms with van der Waals surface area (Å²) in [6.07, 6.45) is 17.0. The fraction of sp³-hybridized carbons (Fsp3) is 1.00. The zero-order valence-electron chi connectivity index (χ0n) is 11.3. The van der Waals surface area contributed by atoms with Crippen LogP contribution >= 0.6 is 15.9 Å². The van der Waals surface area contributed by atoms with E-state index < -0.39 is 0 Å². The molecular formula is C15H29BrO. The van der Waals surface area contributed by atoms with E-state index in [1.807, 2.05) is 0 Å². The molecule has 0 atom stereocenters. The maximum Gasteiger partial charge on any atom is 0.0575 e. The lowest BCUT2D eigenvalue weighted by molar-refractivity contribution is 0.0263. The molecule has 1 aliphatic rings. The molecule has 0 radical (unpaired) electrons. The molecule has 1 nitrogen and oxygen atoms in total. The van der Waals surface area contributed by atoms with E-state index >= 15 is 0 Å². The van der Waals surface area contributed by atoms with Crippen molar-refractivity contribution >= 4 is 15.9 Å². The standard InChI is InChI=1S/C15H29BrO/c16-13-9-4-2-1-3-5-10-14-17-15-11-7-6-8-12-15/h15H,1-14H2. The highest BCUT2D eigenvalue weighted by molar-refractivity contribution is 9.09. The van der Waals surface area contributed by atoms with E-state index in [2.05, 4.69) is 15.9 Å². The lowest BCUT2D eigenvalue weighted by atomic mass is 9.98. The molecule has 0 heterocycles. The minimum atomic E-state index is 0.600. The number of rotatable bonds is 10. The average molecular weight is 305 g/mol. The Balaban J connectivity index is 1.75. The summed E-state index contributed by atoms with van der Waals surface area (Å²) in [5.41, 5.74) is 0. The van der Waals surface area contributed by atoms with E-state index in [9.17, 15) is 0 Å². The maximum atomic E-state index is 5.92. The SMILES string of the molecule is BrCCCCCCCCCOC1CCCCC1. The van der Waals surface area contributed by atoms with Crippen LogP contribution in [0.1, 0.15) is 77.0 Å². The second-order valence-corrected chi connectivity index (χ2v) is 6.09. The monoisotopic (exact) mass is 304 g/mol. The lowest BCUT2D eigenvalue weighted by Crippen LogP contribution is -2.17. The first-order valence-electron chi connectivity index (χ1n) is 7.61. The van der Waals surface area contributed by atoms with Gasteiger partial charge in [0, 0.05) is 11.9 Å². The van der Waals surface area contributed by atoms with Gasteiger partial charge in [0.25, 0.3) is 0 Å². The molecule has 2 heteroatoms. The van der Waals surface area contributed by atoms with E-state index in [-0.39, 0.29) is 0 Å². The molecule has 102 valence electrons. The Bertz CT molecular complexity index is 155. The Labute approximate surface area is 116 Å². The number of alkyl halides is 1. The molecule has 1 saturated carbocycles. The molecule has 0 bridgehead atoms. The number of ether oxygens (including phenoxy) is 1. The van der Waals surface area contributed by atoms with Crippen molar-refractivity contribution in [2.45, 2.75) is 83.2 Å². The van der Waals surface area contributed by atoms with E-state index in [0.29, 0.717) is 6.10 Å². The first kappa shape index (κ1) is 15.5. The van der Waals surface area contributed by atoms with Gasteiger partial charge in [0.2, 0.25) is 0 Å². The van der Waals surface area contributed by atoms with Gasteiger partial charge in [-0.3, -0.25) is 0 Å². The van der Waals surface area contributed by atoms with Crippen molar-refractivity contribution in [3.8, 4) is 0 Å². The molecule has 0 aromatic rings. The van der Waals surface area contributed by atoms with Gasteiger partial charge < -0.3 is 4.74 Å². The molecule has 0 spiro atoms. The van der Waals surface area contributed by atoms with Gasteiger partial charge >= 0.3 is 0 Å². The Kier molecular flexibility index (Phi) is 10.5. The Morgan fingerprint density at radius 2 is 1.35 bits per heavy atom. The summed E-state index contributed by atoms with van der Waals surface area (Å²) in [4.78, 5) is 0. The van der Waals surface area contributed by atoms with Crippen LogP contribution in [-0.4, -0.2) is 18.0 Å². The molecular weight excluding hydrogens is 276 g/mol. The van der Waals surface area contributed by atoms with E-state index in [1.165, 1.54) is 82.4 Å². The van der Waals surface area contributed by atoms with Crippen molar-refractivity contribution in [2.75, 3.05) is 11.9 Å². The van der Waals surface area contributed by atoms with Crippen molar-refractivity contribution in [2.24, 2.45) is 0 Å². The lowest BCUT2D eigenvalue weighted by Gasteiger charge is -2.21. The predicted molar refractivity (Wildman–Crippen MR) is 78.9 cm³/mol. The second-order valence-electron chi connectivity index (χ2n) is 5.29. The summed E-state index contributed by atoms with van der Waals surface area (Å²) >= 11 is 3.47. The Morgan fingerprint density at radius 3 is 2.00 bits per heavy atom. The highest BCUT2D eigenvalue weighted by Crippen LogP contribution is 2.20. The highest BCUT2D eigenvalue weighted by atomic mass is 79.9. The fourth-order valence-corrected chi connectivity index (χ4v) is 2.96. The quantitative estimate of drug-likeness (QED) is 0.384. The maximum absolute atomic E-state index is 5.92. The van der Waals surface area contributed by atoms with E-state index in [4.69, 9.17) is 4.74 Å².